The number of morpholine rings is 1. The zero-order chi connectivity index (χ0) is 13.7. The molecule has 1 unspecified atom stereocenters. The molecule has 19 heavy (non-hydrogen) atoms. The summed E-state index contributed by atoms with van der Waals surface area (Å²) in [5.41, 5.74) is 0. The molecule has 1 amide bonds. The van der Waals surface area contributed by atoms with Crippen LogP contribution >= 0.6 is 0 Å². The molecule has 6 nitrogen and oxygen atoms in total. The van der Waals surface area contributed by atoms with Crippen molar-refractivity contribution >= 4 is 11.9 Å². The largest absolute Gasteiger partial charge is 0.481 e. The van der Waals surface area contributed by atoms with Crippen LogP contribution in [0.3, 0.4) is 0 Å². The second kappa shape index (κ2) is 6.86. The van der Waals surface area contributed by atoms with E-state index in [1.165, 1.54) is 6.42 Å². The molecule has 0 aromatic carbocycles. The zero-order valence-electron chi connectivity index (χ0n) is 11.2. The maximum Gasteiger partial charge on any atom is 0.305 e. The lowest BCUT2D eigenvalue weighted by atomic mass is 10.1. The summed E-state index contributed by atoms with van der Waals surface area (Å²) in [4.78, 5) is 26.9. The minimum atomic E-state index is -0.842. The molecule has 2 aliphatic rings. The van der Waals surface area contributed by atoms with E-state index in [1.54, 1.807) is 0 Å². The van der Waals surface area contributed by atoms with Crippen molar-refractivity contribution in [2.75, 3.05) is 39.4 Å². The van der Waals surface area contributed by atoms with E-state index >= 15 is 0 Å². The average molecular weight is 270 g/mol. The van der Waals surface area contributed by atoms with Gasteiger partial charge in [0.15, 0.2) is 0 Å². The summed E-state index contributed by atoms with van der Waals surface area (Å²) in [6.07, 6.45) is 3.39. The predicted octanol–water partition coefficient (Wildman–Crippen LogP) is 0.174. The molecular weight excluding hydrogens is 248 g/mol. The summed E-state index contributed by atoms with van der Waals surface area (Å²) < 4.78 is 5.31. The highest BCUT2D eigenvalue weighted by atomic mass is 16.5. The molecule has 0 aromatic heterocycles. The van der Waals surface area contributed by atoms with Crippen molar-refractivity contribution in [3.05, 3.63) is 0 Å². The maximum absolute atomic E-state index is 12.2. The maximum atomic E-state index is 12.2. The lowest BCUT2D eigenvalue weighted by molar-refractivity contribution is -0.143. The number of nitrogens with zero attached hydrogens (tertiary/aromatic N) is 2. The fourth-order valence-electron chi connectivity index (χ4n) is 2.70. The molecule has 0 saturated carbocycles. The Morgan fingerprint density at radius 3 is 2.58 bits per heavy atom. The van der Waals surface area contributed by atoms with Crippen LogP contribution in [0.15, 0.2) is 0 Å². The van der Waals surface area contributed by atoms with Crippen LogP contribution in [0.2, 0.25) is 0 Å². The molecule has 2 rings (SSSR count). The van der Waals surface area contributed by atoms with Gasteiger partial charge in [0.1, 0.15) is 0 Å². The first-order chi connectivity index (χ1) is 9.16. The van der Waals surface area contributed by atoms with Gasteiger partial charge in [-0.05, 0) is 19.3 Å². The second-order valence-corrected chi connectivity index (χ2v) is 5.24. The number of amides is 1. The van der Waals surface area contributed by atoms with Gasteiger partial charge in [-0.2, -0.15) is 0 Å². The Bertz CT molecular complexity index is 329. The number of carbonyl (C=O) groups is 2. The van der Waals surface area contributed by atoms with Crippen LogP contribution in [-0.4, -0.2) is 72.2 Å². The average Bonchev–Trinajstić information content (AvgIpc) is 2.41. The van der Waals surface area contributed by atoms with Crippen molar-refractivity contribution < 1.29 is 19.4 Å². The number of carboxylic acid groups (broad SMARTS) is 1. The third-order valence-electron chi connectivity index (χ3n) is 3.81. The van der Waals surface area contributed by atoms with E-state index in [9.17, 15) is 9.59 Å². The summed E-state index contributed by atoms with van der Waals surface area (Å²) in [7, 11) is 0. The Morgan fingerprint density at radius 2 is 1.89 bits per heavy atom. The lowest BCUT2D eigenvalue weighted by Gasteiger charge is -2.36. The smallest absolute Gasteiger partial charge is 0.305 e. The number of piperidine rings is 1. The van der Waals surface area contributed by atoms with Crippen LogP contribution in [-0.2, 0) is 14.3 Å². The quantitative estimate of drug-likeness (QED) is 0.789. The molecule has 1 N–H and O–H groups in total. The minimum absolute atomic E-state index is 0.0350. The van der Waals surface area contributed by atoms with Crippen LogP contribution in [0.4, 0.5) is 0 Å². The monoisotopic (exact) mass is 270 g/mol. The van der Waals surface area contributed by atoms with Crippen molar-refractivity contribution in [1.29, 1.82) is 0 Å². The van der Waals surface area contributed by atoms with Gasteiger partial charge in [-0.15, -0.1) is 0 Å². The van der Waals surface area contributed by atoms with Crippen LogP contribution in [0.25, 0.3) is 0 Å². The minimum Gasteiger partial charge on any atom is -0.481 e. The number of carboxylic acids is 1. The Labute approximate surface area is 113 Å². The van der Waals surface area contributed by atoms with Crippen LogP contribution in [0.5, 0.6) is 0 Å². The third-order valence-corrected chi connectivity index (χ3v) is 3.81. The molecule has 0 radical (unpaired) electrons. The van der Waals surface area contributed by atoms with Gasteiger partial charge in [0.05, 0.1) is 26.2 Å². The molecule has 0 spiro atoms. The first-order valence-electron chi connectivity index (χ1n) is 6.98. The fraction of sp³-hybridized carbons (Fsp3) is 0.846. The number of carbonyl (C=O) groups excluding carboxylic acids is 1. The number of hydrogen-bond acceptors (Lipinski definition) is 4. The van der Waals surface area contributed by atoms with Gasteiger partial charge in [0.25, 0.3) is 0 Å². The van der Waals surface area contributed by atoms with Gasteiger partial charge in [-0.1, -0.05) is 0 Å². The van der Waals surface area contributed by atoms with E-state index in [0.29, 0.717) is 26.3 Å². The Kier molecular flexibility index (Phi) is 5.15. The van der Waals surface area contributed by atoms with E-state index in [2.05, 4.69) is 0 Å². The number of rotatable bonds is 4. The van der Waals surface area contributed by atoms with Crippen molar-refractivity contribution in [1.82, 2.24) is 9.80 Å². The van der Waals surface area contributed by atoms with Gasteiger partial charge >= 0.3 is 5.97 Å². The molecule has 6 heteroatoms. The van der Waals surface area contributed by atoms with Crippen LogP contribution in [0.1, 0.15) is 25.7 Å². The molecule has 0 bridgehead atoms. The Morgan fingerprint density at radius 1 is 1.16 bits per heavy atom. The molecule has 1 atom stereocenters. The molecule has 2 heterocycles. The number of likely N-dealkylation sites (tertiary alicyclic amines) is 1. The Hall–Kier alpha value is -1.14. The van der Waals surface area contributed by atoms with Gasteiger partial charge in [-0.25, -0.2) is 0 Å². The molecule has 0 aromatic rings. The standard InChI is InChI=1S/C13H22N2O4/c16-12(14-4-2-1-3-5-14)9-15-6-7-19-10-11(15)8-13(17)18/h11H,1-10H2,(H,17,18). The molecule has 2 fully saturated rings. The Balaban J connectivity index is 1.87. The lowest BCUT2D eigenvalue weighted by Crippen LogP contribution is -2.51. The SMILES string of the molecule is O=C(O)CC1COCCN1CC(=O)N1CCCCC1. The summed E-state index contributed by atoms with van der Waals surface area (Å²) in [6, 6.07) is -0.181. The first-order valence-corrected chi connectivity index (χ1v) is 6.98. The summed E-state index contributed by atoms with van der Waals surface area (Å²) in [5, 5.41) is 8.89. The van der Waals surface area contributed by atoms with E-state index in [0.717, 1.165) is 25.9 Å². The topological polar surface area (TPSA) is 70.1 Å². The molecular formula is C13H22N2O4. The second-order valence-electron chi connectivity index (χ2n) is 5.24. The van der Waals surface area contributed by atoms with Crippen LogP contribution in [0, 0.1) is 0 Å². The van der Waals surface area contributed by atoms with Gasteiger partial charge in [0, 0.05) is 25.7 Å². The predicted molar refractivity (Wildman–Crippen MR) is 68.9 cm³/mol. The van der Waals surface area contributed by atoms with Crippen molar-refractivity contribution in [2.45, 2.75) is 31.7 Å². The van der Waals surface area contributed by atoms with Gasteiger partial charge in [0.2, 0.25) is 5.91 Å². The van der Waals surface area contributed by atoms with Crippen molar-refractivity contribution in [3.8, 4) is 0 Å². The van der Waals surface area contributed by atoms with Crippen molar-refractivity contribution in [3.63, 3.8) is 0 Å². The van der Waals surface area contributed by atoms with E-state index in [1.807, 2.05) is 9.80 Å². The normalized spacial score (nSPS) is 25.3. The molecule has 2 saturated heterocycles. The summed E-state index contributed by atoms with van der Waals surface area (Å²) >= 11 is 0. The third kappa shape index (κ3) is 4.18. The van der Waals surface area contributed by atoms with Gasteiger partial charge in [-0.3, -0.25) is 14.5 Å². The van der Waals surface area contributed by atoms with E-state index in [-0.39, 0.29) is 18.4 Å². The zero-order valence-corrected chi connectivity index (χ0v) is 11.2. The van der Waals surface area contributed by atoms with Crippen LogP contribution < -0.4 is 0 Å². The molecule has 0 aliphatic carbocycles. The molecule has 108 valence electrons. The van der Waals surface area contributed by atoms with E-state index in [4.69, 9.17) is 9.84 Å². The fourth-order valence-corrected chi connectivity index (χ4v) is 2.70. The highest BCUT2D eigenvalue weighted by Crippen LogP contribution is 2.13. The summed E-state index contributed by atoms with van der Waals surface area (Å²) in [6.45, 7) is 3.61. The number of hydrogen-bond donors (Lipinski definition) is 1. The summed E-state index contributed by atoms with van der Waals surface area (Å²) in [5.74, 6) is -0.720. The first kappa shape index (κ1) is 14.3. The number of aliphatic carboxylic acids is 1. The highest BCUT2D eigenvalue weighted by molar-refractivity contribution is 5.78. The van der Waals surface area contributed by atoms with Gasteiger partial charge < -0.3 is 14.7 Å². The molecule has 2 aliphatic heterocycles. The van der Waals surface area contributed by atoms with Crippen molar-refractivity contribution in [2.24, 2.45) is 0 Å². The number of ether oxygens (including phenoxy) is 1. The highest BCUT2D eigenvalue weighted by Gasteiger charge is 2.28. The van der Waals surface area contributed by atoms with E-state index < -0.39 is 5.97 Å².